The molecule has 30 aromatic rings. The van der Waals surface area contributed by atoms with Crippen molar-refractivity contribution in [1.82, 2.24) is 30.6 Å². The second-order valence-corrected chi connectivity index (χ2v) is 38.4. The Balaban J connectivity index is 0.589. The predicted molar refractivity (Wildman–Crippen MR) is 470 cm³/mol. The third-order valence-electron chi connectivity index (χ3n) is 34.5. The van der Waals surface area contributed by atoms with Crippen molar-refractivity contribution < 1.29 is 9.59 Å². The van der Waals surface area contributed by atoms with Crippen LogP contribution in [0.3, 0.4) is 0 Å². The van der Waals surface area contributed by atoms with Crippen molar-refractivity contribution in [1.29, 1.82) is 0 Å². The molecule has 113 heavy (non-hydrogen) atoms. The highest BCUT2D eigenvalue weighted by Crippen LogP contribution is 2.97. The first-order valence-electron chi connectivity index (χ1n) is 43.9. The molecule has 12 heteroatoms. The molecule has 12 nitrogen and oxygen atoms in total. The second-order valence-electron chi connectivity index (χ2n) is 38.4. The van der Waals surface area contributed by atoms with Gasteiger partial charge in [0, 0.05) is 52.9 Å². The first-order chi connectivity index (χ1) is 55.8. The summed E-state index contributed by atoms with van der Waals surface area (Å²) in [5, 5.41) is 96.4. The van der Waals surface area contributed by atoms with Crippen LogP contribution in [0.25, 0.3) is 291 Å². The third kappa shape index (κ3) is 4.86. The topological polar surface area (TPSA) is 174 Å². The summed E-state index contributed by atoms with van der Waals surface area (Å²) in [5.74, 6) is 0.339. The van der Waals surface area contributed by atoms with Gasteiger partial charge in [-0.25, -0.2) is 9.59 Å². The van der Waals surface area contributed by atoms with Gasteiger partial charge in [0.05, 0.1) is 0 Å². The van der Waals surface area contributed by atoms with E-state index in [0.717, 1.165) is 37.1 Å². The first-order valence-corrected chi connectivity index (χ1v) is 43.9. The highest BCUT2D eigenvalue weighted by Gasteiger charge is 2.93. The molecule has 4 amide bonds. The fourth-order valence-corrected chi connectivity index (χ4v) is 32.2. The lowest BCUT2D eigenvalue weighted by Crippen LogP contribution is -2.36. The molecular weight excluding hydrogens is 1390 g/mol. The van der Waals surface area contributed by atoms with Crippen LogP contribution in [0.4, 0.5) is 21.5 Å². The Kier molecular flexibility index (Phi) is 8.57. The van der Waals surface area contributed by atoms with Gasteiger partial charge in [-0.2, -0.15) is 9.97 Å². The van der Waals surface area contributed by atoms with Crippen molar-refractivity contribution in [2.75, 3.05) is 23.7 Å². The molecule has 0 saturated heterocycles. The number of carbonyl (C=O) groups is 2. The van der Waals surface area contributed by atoms with Crippen molar-refractivity contribution in [3.05, 3.63) is 66.5 Å². The van der Waals surface area contributed by atoms with E-state index in [1.165, 1.54) is 256 Å². The molecule has 1 fully saturated rings. The average molecular weight is 1460 g/mol. The van der Waals surface area contributed by atoms with Gasteiger partial charge in [0.15, 0.2) is 0 Å². The number of nitrogens with zero attached hydrogens (tertiary/aromatic N) is 2. The number of urea groups is 2. The van der Waals surface area contributed by atoms with Crippen LogP contribution in [-0.2, 0) is 23.7 Å². The fourth-order valence-electron chi connectivity index (χ4n) is 32.2. The molecule has 1 saturated carbocycles. The van der Waals surface area contributed by atoms with Crippen LogP contribution in [0, 0.1) is 5.41 Å². The van der Waals surface area contributed by atoms with Gasteiger partial charge in [-0.05, 0) is 352 Å². The van der Waals surface area contributed by atoms with E-state index < -0.39 is 28.3 Å². The van der Waals surface area contributed by atoms with Crippen LogP contribution in [0.1, 0.15) is 202 Å². The molecule has 2 spiro atoms. The van der Waals surface area contributed by atoms with Crippen molar-refractivity contribution in [3.8, 4) is 0 Å². The first kappa shape index (κ1) is 56.9. The number of aromatic amines is 2. The van der Waals surface area contributed by atoms with E-state index in [9.17, 15) is 9.59 Å². The fraction of sp³-hybridized carbons (Fsp3) is 0.327. The molecule has 538 valence electrons. The molecule has 28 aromatic carbocycles. The Morgan fingerprint density at radius 2 is 0.460 bits per heavy atom. The van der Waals surface area contributed by atoms with Crippen LogP contribution in [0.2, 0.25) is 0 Å². The zero-order chi connectivity index (χ0) is 72.5. The summed E-state index contributed by atoms with van der Waals surface area (Å²) in [7, 11) is 0. The zero-order valence-corrected chi connectivity index (χ0v) is 63.0. The maximum Gasteiger partial charge on any atom is 0.321 e. The number of carbonyl (C=O) groups excluding carboxylic acids is 2. The molecule has 2 heterocycles. The minimum absolute atomic E-state index is 0.170. The highest BCUT2D eigenvalue weighted by atomic mass is 16.2. The van der Waals surface area contributed by atoms with E-state index in [0.29, 0.717) is 38.8 Å². The average Bonchev–Trinajstić information content (AvgIpc) is 1.36. The summed E-state index contributed by atoms with van der Waals surface area (Å²) in [4.78, 5) is 73.2. The summed E-state index contributed by atoms with van der Waals surface area (Å²) in [6.07, 6.45) is 30.0. The number of H-pyrrole nitrogens is 2. The number of hydrogen-bond donors (Lipinski definition) is 6. The van der Waals surface area contributed by atoms with Gasteiger partial charge in [0.25, 0.3) is 11.1 Å². The summed E-state index contributed by atoms with van der Waals surface area (Å²) in [6, 6.07) is 2.42. The molecule has 0 bridgehead atoms. The maximum absolute atomic E-state index is 15.2. The van der Waals surface area contributed by atoms with E-state index in [4.69, 9.17) is 0 Å². The summed E-state index contributed by atoms with van der Waals surface area (Å²) in [5.41, 5.74) is 5.19. The van der Waals surface area contributed by atoms with Gasteiger partial charge in [-0.15, -0.1) is 0 Å². The number of hydrogen-bond acceptors (Lipinski definition) is 6. The Morgan fingerprint density at radius 3 is 0.664 bits per heavy atom. The third-order valence-corrected chi connectivity index (χ3v) is 34.5. The van der Waals surface area contributed by atoms with Gasteiger partial charge >= 0.3 is 12.1 Å². The molecule has 5 aliphatic rings. The predicted octanol–water partition coefficient (Wildman–Crippen LogP) is 25.6. The molecule has 6 N–H and O–H groups in total. The van der Waals surface area contributed by atoms with Crippen molar-refractivity contribution in [3.63, 3.8) is 0 Å². The van der Waals surface area contributed by atoms with Crippen molar-refractivity contribution in [2.24, 2.45) is 5.41 Å². The summed E-state index contributed by atoms with van der Waals surface area (Å²) < 4.78 is 0. The van der Waals surface area contributed by atoms with Crippen LogP contribution < -0.4 is 32.4 Å². The van der Waals surface area contributed by atoms with E-state index in [2.05, 4.69) is 55.1 Å². The molecule has 5 aliphatic carbocycles. The molecule has 0 radical (unpaired) electrons. The lowest BCUT2D eigenvalue weighted by atomic mass is 9.68. The number of anilines is 2. The van der Waals surface area contributed by atoms with E-state index in [1.807, 2.05) is 0 Å². The molecule has 2 aromatic heterocycles. The van der Waals surface area contributed by atoms with Gasteiger partial charge < -0.3 is 20.6 Å². The number of unbranched alkanes of at least 4 members (excludes halogenated alkanes) is 20. The largest absolute Gasteiger partial charge is 0.338 e. The molecule has 35 rings (SSSR count). The quantitative estimate of drug-likeness (QED) is 0.0181. The number of aromatic nitrogens is 4. The smallest absolute Gasteiger partial charge is 0.321 e. The number of benzene rings is 18. The number of amides is 4. The van der Waals surface area contributed by atoms with Gasteiger partial charge in [-0.3, -0.25) is 20.2 Å². The lowest BCUT2D eigenvalue weighted by Gasteiger charge is -2.32. The number of aryl methyl sites for hydroxylation is 2. The molecular formula is C101H70N8O4. The monoisotopic (exact) mass is 1460 g/mol. The van der Waals surface area contributed by atoms with E-state index in [1.54, 1.807) is 185 Å². The normalized spacial score (nSPS) is 16.9. The van der Waals surface area contributed by atoms with Crippen molar-refractivity contribution in [2.45, 2.75) is 192 Å². The number of nitrogens with one attached hydrogen (secondary N) is 6. The maximum atomic E-state index is 15.2. The minimum Gasteiger partial charge on any atom is -0.338 e. The van der Waals surface area contributed by atoms with Crippen LogP contribution >= 0.6 is 0 Å². The van der Waals surface area contributed by atoms with Gasteiger partial charge in [0.2, 0.25) is 11.9 Å². The lowest BCUT2D eigenvalue weighted by molar-refractivity contribution is 0.248. The van der Waals surface area contributed by atoms with E-state index in [-0.39, 0.29) is 23.0 Å². The van der Waals surface area contributed by atoms with E-state index >= 15 is 9.59 Å². The van der Waals surface area contributed by atoms with Crippen LogP contribution in [0.15, 0.2) is 21.7 Å². The molecule has 0 aliphatic heterocycles. The molecule has 0 atom stereocenters. The van der Waals surface area contributed by atoms with Crippen LogP contribution in [-0.4, -0.2) is 45.1 Å². The molecule has 0 unspecified atom stereocenters. The van der Waals surface area contributed by atoms with Gasteiger partial charge in [0.1, 0.15) is 0 Å². The van der Waals surface area contributed by atoms with Crippen molar-refractivity contribution >= 4 is 315 Å². The Labute approximate surface area is 638 Å². The standard InChI is InChI=1S/C101H70N8O4/c1-3-5-7-9-11-13-15-17-19-21-23-25-33-31-35(110)106-95(104-33)108-97(112)102-29-27-99(28-30-103-98(113)109-96-105-34(32-36(111)107-96)26-24-22-20-18-16-14-12-10-8-6-4-2)100-91-83-75-65-55-47-39-37-38-41-45-43(39)51-59-53(45)63-57-49(41)50-42(38)46-44-40(37)48(47)56-62-52(44)60-54(46)64-58(50)68-67(57)77-71(63)81-73(59)79(69(75)61(51)55)87(91)89(81)93-85(77)86-78(68)72(64)82-74(60)80-70(62)76(66(56)65)84(83)92(100)88(80)90(82)94(86)101(93,99)100/h31-32H,3-30H2,1-2H3,(H3,102,104,106,108,110,112)(H3,103,105,107,109,111,113). The van der Waals surface area contributed by atoms with Gasteiger partial charge in [-0.1, -0.05) is 142 Å². The Bertz CT molecular complexity index is 8400. The Morgan fingerprint density at radius 1 is 0.274 bits per heavy atom. The number of rotatable bonds is 32. The minimum atomic E-state index is -0.632. The SMILES string of the molecule is CCCCCCCCCCCCCc1cc(=O)nc(NC(=O)NCCC2(CCNC(=O)Nc3nc(=O)cc(CCCCCCCCCCCCC)[nH]3)C34c5c6c7c8c9c%10c(c%11c%12c3c3c5c5c%13c6c6c7c7c9c9c%14c%10c%10c%11c%11c%12c%12c3c3c5c5c%13c%13c6c6c7c9c7c9c%14c%10c%10c%11c%11c%12c3c3c5c5c%13c6c7c6c9c%10c%11c3c56)C824)[nH]1. The van der Waals surface area contributed by atoms with Crippen LogP contribution in [0.5, 0.6) is 0 Å². The second kappa shape index (κ2) is 17.0. The summed E-state index contributed by atoms with van der Waals surface area (Å²) >= 11 is 0. The Hall–Kier alpha value is -11.2. The summed E-state index contributed by atoms with van der Waals surface area (Å²) in [6.45, 7) is 5.23. The zero-order valence-electron chi connectivity index (χ0n) is 63.0. The highest BCUT2D eigenvalue weighted by molar-refractivity contribution is 6.82.